The van der Waals surface area contributed by atoms with Crippen molar-refractivity contribution < 1.29 is 10.1 Å². The van der Waals surface area contributed by atoms with Crippen LogP contribution in [0.15, 0.2) is 29.2 Å². The molecule has 1 aromatic carbocycles. The minimum atomic E-state index is 0.263. The number of rotatable bonds is 5. The van der Waals surface area contributed by atoms with Gasteiger partial charge in [0.1, 0.15) is 6.61 Å². The molecular weight excluding hydrogens is 184 g/mol. The summed E-state index contributed by atoms with van der Waals surface area (Å²) in [5.74, 6) is 1.15. The minimum Gasteiger partial charge on any atom is -0.251 e. The molecule has 72 valence electrons. The third-order valence-electron chi connectivity index (χ3n) is 1.63. The van der Waals surface area contributed by atoms with Gasteiger partial charge < -0.3 is 0 Å². The van der Waals surface area contributed by atoms with Crippen LogP contribution in [-0.2, 0) is 11.5 Å². The van der Waals surface area contributed by atoms with Crippen LogP contribution in [-0.4, -0.2) is 11.0 Å². The highest BCUT2D eigenvalue weighted by Crippen LogP contribution is 2.19. The Morgan fingerprint density at radius 2 is 2.00 bits per heavy atom. The van der Waals surface area contributed by atoms with Crippen LogP contribution in [0.25, 0.3) is 0 Å². The molecule has 0 aromatic heterocycles. The van der Waals surface area contributed by atoms with Gasteiger partial charge in [-0.25, -0.2) is 4.89 Å². The van der Waals surface area contributed by atoms with Gasteiger partial charge in [-0.1, -0.05) is 19.1 Å². The molecule has 0 fully saturated rings. The molecule has 0 aliphatic heterocycles. The summed E-state index contributed by atoms with van der Waals surface area (Å²) in [4.78, 5) is 5.31. The summed E-state index contributed by atoms with van der Waals surface area (Å²) in [7, 11) is 0. The topological polar surface area (TPSA) is 29.5 Å². The Morgan fingerprint density at radius 3 is 2.54 bits per heavy atom. The van der Waals surface area contributed by atoms with Crippen molar-refractivity contribution in [3.8, 4) is 0 Å². The van der Waals surface area contributed by atoms with E-state index in [1.807, 2.05) is 23.9 Å². The van der Waals surface area contributed by atoms with Gasteiger partial charge in [0.2, 0.25) is 0 Å². The van der Waals surface area contributed by atoms with Crippen LogP contribution in [0.2, 0.25) is 0 Å². The van der Waals surface area contributed by atoms with Crippen LogP contribution < -0.4 is 0 Å². The Bertz CT molecular complexity index is 233. The molecule has 0 aliphatic carbocycles. The van der Waals surface area contributed by atoms with Gasteiger partial charge in [0.15, 0.2) is 0 Å². The first-order valence-corrected chi connectivity index (χ1v) is 5.33. The molecule has 0 atom stereocenters. The molecule has 3 heteroatoms. The maximum Gasteiger partial charge on any atom is 0.107 e. The summed E-state index contributed by atoms with van der Waals surface area (Å²) in [5, 5.41) is 8.23. The molecule has 1 aromatic rings. The molecule has 0 spiro atoms. The van der Waals surface area contributed by atoms with Gasteiger partial charge in [-0.05, 0) is 29.9 Å². The monoisotopic (exact) mass is 198 g/mol. The lowest BCUT2D eigenvalue weighted by Gasteiger charge is -2.01. The minimum absolute atomic E-state index is 0.263. The van der Waals surface area contributed by atoms with E-state index in [1.165, 1.54) is 11.3 Å². The molecule has 2 nitrogen and oxygen atoms in total. The Morgan fingerprint density at radius 1 is 1.31 bits per heavy atom. The van der Waals surface area contributed by atoms with Crippen molar-refractivity contribution in [2.24, 2.45) is 0 Å². The SMILES string of the molecule is CCCSc1ccc(COO)cc1. The first-order chi connectivity index (χ1) is 6.36. The standard InChI is InChI=1S/C10H14O2S/c1-2-7-13-10-5-3-9(4-6-10)8-12-11/h3-6,11H,2,7-8H2,1H3. The molecule has 0 heterocycles. The van der Waals surface area contributed by atoms with Gasteiger partial charge in [0.25, 0.3) is 0 Å². The smallest absolute Gasteiger partial charge is 0.107 e. The van der Waals surface area contributed by atoms with Gasteiger partial charge >= 0.3 is 0 Å². The normalized spacial score (nSPS) is 10.3. The van der Waals surface area contributed by atoms with Crippen molar-refractivity contribution in [3.05, 3.63) is 29.8 Å². The van der Waals surface area contributed by atoms with Crippen molar-refractivity contribution >= 4 is 11.8 Å². The lowest BCUT2D eigenvalue weighted by molar-refractivity contribution is -0.253. The summed E-state index contributed by atoms with van der Waals surface area (Å²) < 4.78 is 0. The molecule has 1 N–H and O–H groups in total. The van der Waals surface area contributed by atoms with Crippen LogP contribution in [0, 0.1) is 0 Å². The highest BCUT2D eigenvalue weighted by molar-refractivity contribution is 7.99. The van der Waals surface area contributed by atoms with Crippen LogP contribution in [0.3, 0.4) is 0 Å². The van der Waals surface area contributed by atoms with E-state index in [1.54, 1.807) is 0 Å². The number of thioether (sulfide) groups is 1. The second-order valence-electron chi connectivity index (χ2n) is 2.77. The highest BCUT2D eigenvalue weighted by Gasteiger charge is 1.94. The maximum atomic E-state index is 8.23. The van der Waals surface area contributed by atoms with Gasteiger partial charge in [-0.3, -0.25) is 5.26 Å². The van der Waals surface area contributed by atoms with Crippen molar-refractivity contribution in [3.63, 3.8) is 0 Å². The first kappa shape index (κ1) is 10.6. The van der Waals surface area contributed by atoms with E-state index in [0.717, 1.165) is 11.3 Å². The van der Waals surface area contributed by atoms with Crippen molar-refractivity contribution in [1.82, 2.24) is 0 Å². The van der Waals surface area contributed by atoms with Gasteiger partial charge in [-0.2, -0.15) is 0 Å². The largest absolute Gasteiger partial charge is 0.251 e. The molecule has 0 aliphatic rings. The third-order valence-corrected chi connectivity index (χ3v) is 2.85. The highest BCUT2D eigenvalue weighted by atomic mass is 32.2. The predicted molar refractivity (Wildman–Crippen MR) is 54.9 cm³/mol. The lowest BCUT2D eigenvalue weighted by Crippen LogP contribution is -1.86. The van der Waals surface area contributed by atoms with E-state index in [2.05, 4.69) is 23.9 Å². The maximum absolute atomic E-state index is 8.23. The summed E-state index contributed by atoms with van der Waals surface area (Å²) in [5.41, 5.74) is 0.989. The predicted octanol–water partition coefficient (Wildman–Crippen LogP) is 3.18. The molecule has 0 radical (unpaired) electrons. The second kappa shape index (κ2) is 6.02. The fourth-order valence-electron chi connectivity index (χ4n) is 0.976. The third kappa shape index (κ3) is 3.81. The Labute approximate surface area is 82.9 Å². The van der Waals surface area contributed by atoms with Gasteiger partial charge in [-0.15, -0.1) is 11.8 Å². The van der Waals surface area contributed by atoms with E-state index >= 15 is 0 Å². The van der Waals surface area contributed by atoms with E-state index in [4.69, 9.17) is 5.26 Å². The van der Waals surface area contributed by atoms with Crippen molar-refractivity contribution in [2.75, 3.05) is 5.75 Å². The molecule has 0 bridgehead atoms. The number of benzene rings is 1. The molecule has 0 saturated heterocycles. The zero-order chi connectivity index (χ0) is 9.52. The first-order valence-electron chi connectivity index (χ1n) is 4.35. The summed E-state index contributed by atoms with van der Waals surface area (Å²) in [6, 6.07) is 8.03. The van der Waals surface area contributed by atoms with Crippen LogP contribution in [0.1, 0.15) is 18.9 Å². The van der Waals surface area contributed by atoms with E-state index in [0.29, 0.717) is 0 Å². The molecule has 0 unspecified atom stereocenters. The van der Waals surface area contributed by atoms with Crippen LogP contribution in [0.4, 0.5) is 0 Å². The van der Waals surface area contributed by atoms with E-state index < -0.39 is 0 Å². The van der Waals surface area contributed by atoms with Crippen LogP contribution in [0.5, 0.6) is 0 Å². The average molecular weight is 198 g/mol. The zero-order valence-corrected chi connectivity index (χ0v) is 8.51. The molecule has 13 heavy (non-hydrogen) atoms. The van der Waals surface area contributed by atoms with E-state index in [9.17, 15) is 0 Å². The average Bonchev–Trinajstić information content (AvgIpc) is 2.17. The van der Waals surface area contributed by atoms with E-state index in [-0.39, 0.29) is 6.61 Å². The summed E-state index contributed by atoms with van der Waals surface area (Å²) in [6.45, 7) is 2.43. The lowest BCUT2D eigenvalue weighted by atomic mass is 10.2. The summed E-state index contributed by atoms with van der Waals surface area (Å²) >= 11 is 1.84. The Hall–Kier alpha value is -0.510. The Kier molecular flexibility index (Phi) is 4.90. The Balaban J connectivity index is 2.48. The van der Waals surface area contributed by atoms with Gasteiger partial charge in [0.05, 0.1) is 0 Å². The molecule has 0 amide bonds. The van der Waals surface area contributed by atoms with Crippen LogP contribution >= 0.6 is 11.8 Å². The zero-order valence-electron chi connectivity index (χ0n) is 7.69. The van der Waals surface area contributed by atoms with Crippen molar-refractivity contribution in [1.29, 1.82) is 0 Å². The van der Waals surface area contributed by atoms with Crippen molar-refractivity contribution in [2.45, 2.75) is 24.8 Å². The second-order valence-corrected chi connectivity index (χ2v) is 3.93. The summed E-state index contributed by atoms with van der Waals surface area (Å²) in [6.07, 6.45) is 1.19. The fourth-order valence-corrected chi connectivity index (χ4v) is 1.74. The molecule has 0 saturated carbocycles. The number of hydrogen-bond acceptors (Lipinski definition) is 3. The fraction of sp³-hybridized carbons (Fsp3) is 0.400. The molecule has 1 rings (SSSR count). The van der Waals surface area contributed by atoms with Gasteiger partial charge in [0, 0.05) is 4.90 Å². The quantitative estimate of drug-likeness (QED) is 0.447. The molecular formula is C10H14O2S. The number of hydrogen-bond donors (Lipinski definition) is 1.